The summed E-state index contributed by atoms with van der Waals surface area (Å²) in [5, 5.41) is 14.7. The van der Waals surface area contributed by atoms with Crippen molar-refractivity contribution in [1.82, 2.24) is 15.6 Å². The van der Waals surface area contributed by atoms with Gasteiger partial charge in [-0.05, 0) is 38.0 Å². The predicted molar refractivity (Wildman–Crippen MR) is 105 cm³/mol. The number of aliphatic carboxylic acids is 1. The molecule has 1 atom stereocenters. The number of rotatable bonds is 9. The normalized spacial score (nSPS) is 12.1. The molecule has 1 heterocycles. The molecule has 2 rings (SSSR count). The van der Waals surface area contributed by atoms with Crippen LogP contribution < -0.4 is 10.6 Å². The number of hydrogen-bond acceptors (Lipinski definition) is 4. The van der Waals surface area contributed by atoms with E-state index in [0.717, 1.165) is 5.56 Å². The van der Waals surface area contributed by atoms with E-state index in [1.165, 1.54) is 6.20 Å². The van der Waals surface area contributed by atoms with Crippen LogP contribution in [0.3, 0.4) is 0 Å². The number of aromatic nitrogens is 1. The van der Waals surface area contributed by atoms with Gasteiger partial charge >= 0.3 is 5.97 Å². The highest BCUT2D eigenvalue weighted by Gasteiger charge is 2.28. The van der Waals surface area contributed by atoms with Gasteiger partial charge in [0.05, 0.1) is 11.0 Å². The van der Waals surface area contributed by atoms with E-state index in [9.17, 15) is 19.5 Å². The lowest BCUT2D eigenvalue weighted by Gasteiger charge is -2.22. The molecule has 1 aromatic carbocycles. The summed E-state index contributed by atoms with van der Waals surface area (Å²) in [5.41, 5.74) is 0.321. The van der Waals surface area contributed by atoms with Crippen LogP contribution in [0.15, 0.2) is 54.9 Å². The quantitative estimate of drug-likeness (QED) is 0.614. The molecular formula is C21H25N3O4. The summed E-state index contributed by atoms with van der Waals surface area (Å²) >= 11 is 0. The van der Waals surface area contributed by atoms with Crippen molar-refractivity contribution in [2.24, 2.45) is 5.41 Å². The topological polar surface area (TPSA) is 108 Å². The minimum absolute atomic E-state index is 0.201. The highest BCUT2D eigenvalue weighted by atomic mass is 16.4. The Hall–Kier alpha value is -3.22. The number of nitrogens with zero attached hydrogens (tertiary/aromatic N) is 1. The van der Waals surface area contributed by atoms with Crippen LogP contribution in [-0.4, -0.2) is 40.5 Å². The number of nitrogens with one attached hydrogen (secondary N) is 2. The number of amides is 2. The van der Waals surface area contributed by atoms with Gasteiger partial charge in [0.1, 0.15) is 6.04 Å². The number of carboxylic acids is 1. The smallest absolute Gasteiger partial charge is 0.309 e. The standard InChI is InChI=1S/C21H25N3O4/c1-21(2,20(27)28)10-12-23-19(26)17(13-15-7-4-3-5-8-15)24-18(25)16-9-6-11-22-14-16/h3-9,11,14,17H,10,12-13H2,1-2H3,(H,23,26)(H,24,25)(H,27,28). The van der Waals surface area contributed by atoms with Gasteiger partial charge in [-0.3, -0.25) is 19.4 Å². The molecule has 7 nitrogen and oxygen atoms in total. The Labute approximate surface area is 164 Å². The van der Waals surface area contributed by atoms with Gasteiger partial charge in [0.25, 0.3) is 5.91 Å². The van der Waals surface area contributed by atoms with Gasteiger partial charge in [0.15, 0.2) is 0 Å². The number of carbonyl (C=O) groups excluding carboxylic acids is 2. The van der Waals surface area contributed by atoms with Crippen molar-refractivity contribution in [3.05, 3.63) is 66.0 Å². The Morgan fingerprint density at radius 1 is 1.11 bits per heavy atom. The Balaban J connectivity index is 2.05. The second-order valence-corrected chi connectivity index (χ2v) is 7.19. The van der Waals surface area contributed by atoms with E-state index in [1.807, 2.05) is 30.3 Å². The van der Waals surface area contributed by atoms with Crippen molar-refractivity contribution < 1.29 is 19.5 Å². The Morgan fingerprint density at radius 2 is 1.82 bits per heavy atom. The Bertz CT molecular complexity index is 807. The van der Waals surface area contributed by atoms with E-state index in [4.69, 9.17) is 0 Å². The van der Waals surface area contributed by atoms with Crippen LogP contribution in [-0.2, 0) is 16.0 Å². The summed E-state index contributed by atoms with van der Waals surface area (Å²) < 4.78 is 0. The summed E-state index contributed by atoms with van der Waals surface area (Å²) in [6, 6.07) is 11.8. The maximum atomic E-state index is 12.7. The molecule has 7 heteroatoms. The lowest BCUT2D eigenvalue weighted by molar-refractivity contribution is -0.147. The Kier molecular flexibility index (Phi) is 7.26. The summed E-state index contributed by atoms with van der Waals surface area (Å²) in [7, 11) is 0. The van der Waals surface area contributed by atoms with E-state index in [-0.39, 0.29) is 18.9 Å². The monoisotopic (exact) mass is 383 g/mol. The van der Waals surface area contributed by atoms with Crippen LogP contribution in [0, 0.1) is 5.41 Å². The van der Waals surface area contributed by atoms with E-state index in [0.29, 0.717) is 12.0 Å². The van der Waals surface area contributed by atoms with Crippen LogP contribution in [0.25, 0.3) is 0 Å². The fraction of sp³-hybridized carbons (Fsp3) is 0.333. The van der Waals surface area contributed by atoms with Gasteiger partial charge in [0, 0.05) is 25.4 Å². The SMILES string of the molecule is CC(C)(CCNC(=O)C(Cc1ccccc1)NC(=O)c1cccnc1)C(=O)O. The highest BCUT2D eigenvalue weighted by Crippen LogP contribution is 2.19. The van der Waals surface area contributed by atoms with Crippen LogP contribution in [0.5, 0.6) is 0 Å². The molecule has 2 amide bonds. The third-order valence-corrected chi connectivity index (χ3v) is 4.46. The summed E-state index contributed by atoms with van der Waals surface area (Å²) in [6.45, 7) is 3.41. The number of hydrogen-bond donors (Lipinski definition) is 3. The molecule has 0 aliphatic heterocycles. The highest BCUT2D eigenvalue weighted by molar-refractivity contribution is 5.97. The molecule has 0 saturated carbocycles. The number of carbonyl (C=O) groups is 3. The van der Waals surface area contributed by atoms with Gasteiger partial charge in [-0.2, -0.15) is 0 Å². The summed E-state index contributed by atoms with van der Waals surface area (Å²) in [5.74, 6) is -1.68. The molecule has 3 N–H and O–H groups in total. The first-order valence-corrected chi connectivity index (χ1v) is 9.05. The first kappa shape index (κ1) is 21.1. The average molecular weight is 383 g/mol. The first-order valence-electron chi connectivity index (χ1n) is 9.05. The molecule has 148 valence electrons. The molecule has 0 spiro atoms. The summed E-state index contributed by atoms with van der Waals surface area (Å²) in [6.07, 6.45) is 3.60. The number of pyridine rings is 1. The fourth-order valence-corrected chi connectivity index (χ4v) is 2.53. The molecule has 0 fully saturated rings. The molecule has 0 aliphatic carbocycles. The van der Waals surface area contributed by atoms with Gasteiger partial charge in [-0.15, -0.1) is 0 Å². The molecule has 0 radical (unpaired) electrons. The zero-order valence-corrected chi connectivity index (χ0v) is 16.0. The van der Waals surface area contributed by atoms with Crippen molar-refractivity contribution in [1.29, 1.82) is 0 Å². The molecule has 2 aromatic rings. The minimum atomic E-state index is -0.943. The van der Waals surface area contributed by atoms with Crippen molar-refractivity contribution in [2.75, 3.05) is 6.54 Å². The van der Waals surface area contributed by atoms with Gasteiger partial charge < -0.3 is 15.7 Å². The second kappa shape index (κ2) is 9.64. The maximum absolute atomic E-state index is 12.7. The molecular weight excluding hydrogens is 358 g/mol. The van der Waals surface area contributed by atoms with Gasteiger partial charge in [-0.25, -0.2) is 0 Å². The maximum Gasteiger partial charge on any atom is 0.309 e. The minimum Gasteiger partial charge on any atom is -0.481 e. The molecule has 0 bridgehead atoms. The van der Waals surface area contributed by atoms with Gasteiger partial charge in [0.2, 0.25) is 5.91 Å². The fourth-order valence-electron chi connectivity index (χ4n) is 2.53. The lowest BCUT2D eigenvalue weighted by Crippen LogP contribution is -2.48. The zero-order valence-electron chi connectivity index (χ0n) is 16.0. The van der Waals surface area contributed by atoms with Gasteiger partial charge in [-0.1, -0.05) is 30.3 Å². The zero-order chi connectivity index (χ0) is 20.6. The van der Waals surface area contributed by atoms with Crippen molar-refractivity contribution >= 4 is 17.8 Å². The van der Waals surface area contributed by atoms with E-state index in [1.54, 1.807) is 32.2 Å². The molecule has 1 unspecified atom stereocenters. The van der Waals surface area contributed by atoms with E-state index < -0.39 is 23.3 Å². The van der Waals surface area contributed by atoms with Crippen LogP contribution >= 0.6 is 0 Å². The van der Waals surface area contributed by atoms with Crippen molar-refractivity contribution in [3.8, 4) is 0 Å². The Morgan fingerprint density at radius 3 is 2.43 bits per heavy atom. The van der Waals surface area contributed by atoms with Crippen molar-refractivity contribution in [3.63, 3.8) is 0 Å². The van der Waals surface area contributed by atoms with Crippen molar-refractivity contribution in [2.45, 2.75) is 32.7 Å². The molecule has 0 saturated heterocycles. The average Bonchev–Trinajstić information content (AvgIpc) is 2.68. The lowest BCUT2D eigenvalue weighted by atomic mass is 9.89. The van der Waals surface area contributed by atoms with Crippen LogP contribution in [0.2, 0.25) is 0 Å². The second-order valence-electron chi connectivity index (χ2n) is 7.19. The third kappa shape index (κ3) is 6.19. The predicted octanol–water partition coefficient (Wildman–Crippen LogP) is 2.04. The van der Waals surface area contributed by atoms with Crippen LogP contribution in [0.4, 0.5) is 0 Å². The molecule has 28 heavy (non-hydrogen) atoms. The van der Waals surface area contributed by atoms with E-state index >= 15 is 0 Å². The van der Waals surface area contributed by atoms with E-state index in [2.05, 4.69) is 15.6 Å². The largest absolute Gasteiger partial charge is 0.481 e. The summed E-state index contributed by atoms with van der Waals surface area (Å²) in [4.78, 5) is 40.3. The molecule has 1 aromatic heterocycles. The molecule has 0 aliphatic rings. The first-order chi connectivity index (χ1) is 13.3. The number of carboxylic acid groups (broad SMARTS) is 1. The number of benzene rings is 1. The third-order valence-electron chi connectivity index (χ3n) is 4.46. The van der Waals surface area contributed by atoms with Crippen LogP contribution in [0.1, 0.15) is 36.2 Å².